The first-order valence-electron chi connectivity index (χ1n) is 7.77. The van der Waals surface area contributed by atoms with Gasteiger partial charge in [-0.05, 0) is 53.9 Å². The Morgan fingerprint density at radius 2 is 1.57 bits per heavy atom. The van der Waals surface area contributed by atoms with Crippen LogP contribution in [0.3, 0.4) is 0 Å². The molecule has 0 radical (unpaired) electrons. The Hall–Kier alpha value is -1.07. The molecule has 1 fully saturated rings. The molecule has 0 bridgehead atoms. The summed E-state index contributed by atoms with van der Waals surface area (Å²) in [6.07, 6.45) is 1.11. The van der Waals surface area contributed by atoms with Crippen molar-refractivity contribution >= 4 is 5.69 Å². The van der Waals surface area contributed by atoms with E-state index in [1.54, 1.807) is 5.23 Å². The van der Waals surface area contributed by atoms with Gasteiger partial charge in [-0.1, -0.05) is 13.8 Å². The lowest BCUT2D eigenvalue weighted by Crippen LogP contribution is -2.41. The average molecular weight is 295 g/mol. The van der Waals surface area contributed by atoms with E-state index in [0.29, 0.717) is 5.92 Å². The van der Waals surface area contributed by atoms with E-state index in [0.717, 1.165) is 30.0 Å². The maximum Gasteiger partial charge on any atom is 0.138 e. The quantitative estimate of drug-likeness (QED) is 0.847. The van der Waals surface area contributed by atoms with Gasteiger partial charge in [-0.2, -0.15) is 5.10 Å². The number of anilines is 1. The summed E-state index contributed by atoms with van der Waals surface area (Å²) in [6, 6.07) is 0. The maximum atomic E-state index is 6.01. The maximum absolute atomic E-state index is 6.01. The van der Waals surface area contributed by atoms with E-state index < -0.39 is 0 Å². The summed E-state index contributed by atoms with van der Waals surface area (Å²) in [4.78, 5) is 12.0. The second-order valence-electron chi connectivity index (χ2n) is 7.39. The molecule has 0 aromatic carbocycles. The Kier molecular flexibility index (Phi) is 4.10. The predicted octanol–water partition coefficient (Wildman–Crippen LogP) is 3.79. The molecule has 1 aromatic rings. The third-order valence-electron chi connectivity index (χ3n) is 4.52. The number of aryl methyl sites for hydroxylation is 2. The fraction of sp³-hybridized carbons (Fsp3) is 0.812. The van der Waals surface area contributed by atoms with Gasteiger partial charge in [0.2, 0.25) is 0 Å². The van der Waals surface area contributed by atoms with Gasteiger partial charge in [-0.15, -0.1) is 5.23 Å². The molecule has 120 valence electrons. The van der Waals surface area contributed by atoms with Crippen molar-refractivity contribution < 1.29 is 9.68 Å². The molecule has 2 rings (SSSR count). The van der Waals surface area contributed by atoms with Gasteiger partial charge in [0.1, 0.15) is 16.9 Å². The van der Waals surface area contributed by atoms with Crippen molar-refractivity contribution in [2.75, 3.05) is 5.23 Å². The molecule has 0 saturated carbocycles. The molecule has 5 heteroatoms. The van der Waals surface area contributed by atoms with Crippen LogP contribution in [0.1, 0.15) is 59.4 Å². The number of hydrogen-bond donors (Lipinski definition) is 0. The highest BCUT2D eigenvalue weighted by Crippen LogP contribution is 2.41. The average Bonchev–Trinajstić information content (AvgIpc) is 2.70. The van der Waals surface area contributed by atoms with Crippen LogP contribution in [0.5, 0.6) is 0 Å². The summed E-state index contributed by atoms with van der Waals surface area (Å²) >= 11 is 0. The van der Waals surface area contributed by atoms with Crippen molar-refractivity contribution in [1.82, 2.24) is 9.78 Å². The zero-order chi connectivity index (χ0) is 16.0. The molecular formula is C16H29N3O2. The summed E-state index contributed by atoms with van der Waals surface area (Å²) in [7, 11) is 0. The van der Waals surface area contributed by atoms with Crippen molar-refractivity contribution in [3.05, 3.63) is 11.4 Å². The second kappa shape index (κ2) is 5.29. The van der Waals surface area contributed by atoms with E-state index in [9.17, 15) is 0 Å². The highest BCUT2D eigenvalue weighted by Gasteiger charge is 2.51. The molecule has 1 aromatic heterocycles. The molecule has 1 aliphatic rings. The minimum absolute atomic E-state index is 0.383. The molecular weight excluding hydrogens is 266 g/mol. The zero-order valence-electron chi connectivity index (χ0n) is 14.6. The largest absolute Gasteiger partial charge is 0.267 e. The van der Waals surface area contributed by atoms with Crippen LogP contribution >= 0.6 is 0 Å². The molecule has 0 spiro atoms. The van der Waals surface area contributed by atoms with Gasteiger partial charge in [-0.3, -0.25) is 4.68 Å². The van der Waals surface area contributed by atoms with Crippen LogP contribution in [0.4, 0.5) is 5.69 Å². The third-order valence-corrected chi connectivity index (χ3v) is 4.52. The lowest BCUT2D eigenvalue weighted by atomic mass is 9.90. The molecule has 1 saturated heterocycles. The van der Waals surface area contributed by atoms with Crippen LogP contribution in [-0.4, -0.2) is 21.0 Å². The predicted molar refractivity (Wildman–Crippen MR) is 84.0 cm³/mol. The minimum Gasteiger partial charge on any atom is -0.267 e. The molecule has 0 amide bonds. The fourth-order valence-electron chi connectivity index (χ4n) is 2.29. The Bertz CT molecular complexity index is 502. The summed E-state index contributed by atoms with van der Waals surface area (Å²) < 4.78 is 2.05. The van der Waals surface area contributed by atoms with E-state index in [-0.39, 0.29) is 11.2 Å². The zero-order valence-corrected chi connectivity index (χ0v) is 14.6. The molecule has 2 heterocycles. The third kappa shape index (κ3) is 2.94. The van der Waals surface area contributed by atoms with Crippen molar-refractivity contribution in [3.63, 3.8) is 0 Å². The second-order valence-corrected chi connectivity index (χ2v) is 7.39. The smallest absolute Gasteiger partial charge is 0.138 e. The Morgan fingerprint density at radius 1 is 1.05 bits per heavy atom. The fourth-order valence-corrected chi connectivity index (χ4v) is 2.29. The minimum atomic E-state index is -0.383. The van der Waals surface area contributed by atoms with Crippen molar-refractivity contribution in [1.29, 1.82) is 0 Å². The topological polar surface area (TPSA) is 39.5 Å². The van der Waals surface area contributed by atoms with Crippen molar-refractivity contribution in [2.24, 2.45) is 5.92 Å². The molecule has 21 heavy (non-hydrogen) atoms. The van der Waals surface area contributed by atoms with Gasteiger partial charge in [0.05, 0.1) is 11.4 Å². The van der Waals surface area contributed by atoms with Gasteiger partial charge in [0.15, 0.2) is 0 Å². The van der Waals surface area contributed by atoms with Crippen LogP contribution in [0.25, 0.3) is 0 Å². The van der Waals surface area contributed by atoms with Crippen molar-refractivity contribution in [3.8, 4) is 0 Å². The summed E-state index contributed by atoms with van der Waals surface area (Å²) in [6.45, 7) is 17.6. The van der Waals surface area contributed by atoms with Gasteiger partial charge in [-0.25, -0.2) is 9.68 Å². The van der Waals surface area contributed by atoms with E-state index in [4.69, 9.17) is 9.68 Å². The lowest BCUT2D eigenvalue weighted by molar-refractivity contribution is -0.0278. The Morgan fingerprint density at radius 3 is 2.05 bits per heavy atom. The van der Waals surface area contributed by atoms with Crippen molar-refractivity contribution in [2.45, 2.75) is 79.6 Å². The van der Waals surface area contributed by atoms with Gasteiger partial charge >= 0.3 is 0 Å². The Labute approximate surface area is 128 Å². The first-order chi connectivity index (χ1) is 9.55. The summed E-state index contributed by atoms with van der Waals surface area (Å²) in [5.41, 5.74) is 2.18. The number of hydrogen-bond acceptors (Lipinski definition) is 4. The normalized spacial score (nSPS) is 20.5. The highest BCUT2D eigenvalue weighted by molar-refractivity contribution is 5.51. The highest BCUT2D eigenvalue weighted by atomic mass is 17.0. The van der Waals surface area contributed by atoms with E-state index in [1.807, 2.05) is 34.6 Å². The number of nitrogens with zero attached hydrogens (tertiary/aromatic N) is 3. The van der Waals surface area contributed by atoms with Crippen LogP contribution in [-0.2, 0) is 16.2 Å². The number of aromatic nitrogens is 2. The molecule has 0 atom stereocenters. The summed E-state index contributed by atoms with van der Waals surface area (Å²) in [5, 5.41) is 6.20. The van der Waals surface area contributed by atoms with Gasteiger partial charge in [0.25, 0.3) is 0 Å². The molecule has 5 nitrogen and oxygen atoms in total. The SMILES string of the molecule is Cc1nn(CCC(C)C)c(C)c1N1OC(C)(C)C(C)(C)O1. The van der Waals surface area contributed by atoms with Gasteiger partial charge < -0.3 is 0 Å². The van der Waals surface area contributed by atoms with Crippen LogP contribution in [0, 0.1) is 19.8 Å². The van der Waals surface area contributed by atoms with Crippen LogP contribution in [0.15, 0.2) is 0 Å². The van der Waals surface area contributed by atoms with E-state index in [1.165, 1.54) is 0 Å². The first kappa shape index (κ1) is 16.3. The summed E-state index contributed by atoms with van der Waals surface area (Å²) in [5.74, 6) is 0.662. The number of rotatable bonds is 4. The molecule has 0 N–H and O–H groups in total. The van der Waals surface area contributed by atoms with E-state index >= 15 is 0 Å². The van der Waals surface area contributed by atoms with Gasteiger partial charge in [0, 0.05) is 6.54 Å². The standard InChI is InChI=1S/C16H29N3O2/c1-11(2)9-10-18-13(4)14(12(3)17-18)19-20-15(5,6)16(7,8)21-19/h11H,9-10H2,1-8H3. The molecule has 1 aliphatic heterocycles. The van der Waals surface area contributed by atoms with Crippen LogP contribution in [0.2, 0.25) is 0 Å². The van der Waals surface area contributed by atoms with Crippen LogP contribution < -0.4 is 5.23 Å². The molecule has 0 unspecified atom stereocenters. The lowest BCUT2D eigenvalue weighted by Gasteiger charge is -2.26. The molecule has 0 aliphatic carbocycles. The first-order valence-corrected chi connectivity index (χ1v) is 7.77. The monoisotopic (exact) mass is 295 g/mol. The van der Waals surface area contributed by atoms with E-state index in [2.05, 4.69) is 30.6 Å². The Balaban J connectivity index is 2.26.